The van der Waals surface area contributed by atoms with E-state index in [2.05, 4.69) is 51.2 Å². The quantitative estimate of drug-likeness (QED) is 0.128. The van der Waals surface area contributed by atoms with Crippen LogP contribution in [0.2, 0.25) is 0 Å². The van der Waals surface area contributed by atoms with Gasteiger partial charge in [-0.1, -0.05) is 5.69 Å². The Morgan fingerprint density at radius 3 is 2.28 bits per heavy atom. The van der Waals surface area contributed by atoms with Crippen LogP contribution in [-0.2, 0) is 42.1 Å². The predicted octanol–water partition coefficient (Wildman–Crippen LogP) is 7.50. The molecule has 0 spiro atoms. The summed E-state index contributed by atoms with van der Waals surface area (Å²) in [6, 6.07) is 46.6. The summed E-state index contributed by atoms with van der Waals surface area (Å²) < 4.78 is 1.54. The molecule has 0 radical (unpaired) electrons. The summed E-state index contributed by atoms with van der Waals surface area (Å²) >= 11 is 0. The molecular weight excluding hydrogens is 931 g/mol. The minimum absolute atomic E-state index is 0. The van der Waals surface area contributed by atoms with E-state index in [4.69, 9.17) is 6.42 Å². The first-order valence-corrected chi connectivity index (χ1v) is 13.8. The number of pyridine rings is 2. The second-order valence-corrected chi connectivity index (χ2v) is 9.62. The zero-order valence-corrected chi connectivity index (χ0v) is 29.1. The van der Waals surface area contributed by atoms with Crippen molar-refractivity contribution < 1.29 is 42.1 Å². The number of hydrogen-bond donors (Lipinski definition) is 0. The van der Waals surface area contributed by atoms with Gasteiger partial charge in [-0.25, -0.2) is 29.3 Å². The van der Waals surface area contributed by atoms with Crippen molar-refractivity contribution in [3.05, 3.63) is 172 Å². The van der Waals surface area contributed by atoms with Gasteiger partial charge in [0.15, 0.2) is 0 Å². The zero-order valence-electron chi connectivity index (χ0n) is 24.5. The van der Waals surface area contributed by atoms with Crippen LogP contribution in [0.4, 0.5) is 22.7 Å². The summed E-state index contributed by atoms with van der Waals surface area (Å²) in [6.45, 7) is 2.01. The number of aromatic nitrogens is 3. The molecule has 7 rings (SSSR count). The van der Waals surface area contributed by atoms with E-state index in [1.807, 2.05) is 121 Å². The minimum Gasteiger partial charge on any atom is -0.669 e. The molecule has 8 heteroatoms. The molecule has 230 valence electrons. The average Bonchev–Trinajstić information content (AvgIpc) is 3.79. The van der Waals surface area contributed by atoms with Gasteiger partial charge in [0.05, 0.1) is 0 Å². The van der Waals surface area contributed by atoms with Crippen LogP contribution in [0.3, 0.4) is 0 Å². The fourth-order valence-corrected chi connectivity index (χ4v) is 4.53. The second kappa shape index (κ2) is 16.6. The number of nitrogens with zero attached hydrogens (tertiary/aromatic N) is 6. The van der Waals surface area contributed by atoms with E-state index in [1.54, 1.807) is 35.6 Å². The third-order valence-corrected chi connectivity index (χ3v) is 6.60. The van der Waals surface area contributed by atoms with E-state index in [0.717, 1.165) is 39.4 Å². The summed E-state index contributed by atoms with van der Waals surface area (Å²) in [5.41, 5.74) is 6.86. The van der Waals surface area contributed by atoms with E-state index in [-0.39, 0.29) is 42.1 Å². The third kappa shape index (κ3) is 8.32. The second-order valence-electron chi connectivity index (χ2n) is 9.62. The van der Waals surface area contributed by atoms with Gasteiger partial charge in [-0.05, 0) is 49.9 Å². The molecule has 1 aliphatic heterocycles. The van der Waals surface area contributed by atoms with Gasteiger partial charge in [-0.2, -0.15) is 48.8 Å². The Morgan fingerprint density at radius 1 is 0.783 bits per heavy atom. The smallest absolute Gasteiger partial charge is 0.669 e. The van der Waals surface area contributed by atoms with Crippen LogP contribution < -0.4 is 9.80 Å². The predicted molar refractivity (Wildman–Crippen MR) is 172 cm³/mol. The Labute approximate surface area is 299 Å². The Bertz CT molecular complexity index is 1890. The van der Waals surface area contributed by atoms with Gasteiger partial charge in [0.25, 0.3) is 0 Å². The van der Waals surface area contributed by atoms with Crippen LogP contribution in [0.1, 0.15) is 0 Å². The molecule has 1 aliphatic rings. The van der Waals surface area contributed by atoms with Crippen molar-refractivity contribution in [2.24, 2.45) is 0 Å². The van der Waals surface area contributed by atoms with Gasteiger partial charge in [-0.15, -0.1) is 35.6 Å². The molecule has 4 heterocycles. The normalized spacial score (nSPS) is 11.4. The molecule has 6 nitrogen and oxygen atoms in total. The molecule has 3 aromatic heterocycles. The Kier molecular flexibility index (Phi) is 12.3. The Morgan fingerprint density at radius 2 is 1.59 bits per heavy atom. The van der Waals surface area contributed by atoms with Gasteiger partial charge < -0.3 is 48.4 Å². The molecule has 0 amide bonds. The molecule has 0 atom stereocenters. The molecule has 0 saturated heterocycles. The van der Waals surface area contributed by atoms with Crippen LogP contribution in [0.25, 0.3) is 22.4 Å². The summed E-state index contributed by atoms with van der Waals surface area (Å²) in [7, 11) is 2.00. The van der Waals surface area contributed by atoms with Crippen LogP contribution in [-0.4, -0.2) is 26.5 Å². The summed E-state index contributed by atoms with van der Waals surface area (Å²) in [4.78, 5) is 14.9. The minimum atomic E-state index is 0. The summed E-state index contributed by atoms with van der Waals surface area (Å²) in [6.07, 6.45) is 19.4. The van der Waals surface area contributed by atoms with Crippen molar-refractivity contribution in [3.8, 4) is 28.4 Å². The molecule has 0 saturated carbocycles. The maximum absolute atomic E-state index is 6.57. The standard InChI is InChI=1S/C32H21N5.C6H4N.2Pt/c1-35-19-20-36(24-35)29-10-6-12-31(23-29)37(28-14-16-33-17-15-28)30-11-5-9-27(21-30)32-22-26(13-18-34-32)25-7-3-2-4-8-25;1-2-7-5-3-4-6-7;;/h2-7,10-20,24H,1H3;3-6H;;/q-6;-1;;+4. The van der Waals surface area contributed by atoms with Crippen LogP contribution in [0.5, 0.6) is 0 Å². The van der Waals surface area contributed by atoms with Gasteiger partial charge in [-0.3, -0.25) is 11.1 Å². The van der Waals surface area contributed by atoms with Crippen molar-refractivity contribution in [1.29, 1.82) is 0 Å². The molecule has 0 bridgehead atoms. The SMILES string of the molecule is CN1C=CN(c2[c-]c(N(c3[c-]c(-c4[c-]c(-c5[c-]cccc5)ccn4)[c-]cc3)c3ccncc3)ccc2)[CH-]1.[C-]#Cn1cccc1.[Pt+4].[Pt]. The first-order valence-electron chi connectivity index (χ1n) is 13.8. The number of benzene rings is 3. The molecule has 6 aromatic rings. The first-order chi connectivity index (χ1) is 21.7. The van der Waals surface area contributed by atoms with Crippen molar-refractivity contribution in [2.75, 3.05) is 16.8 Å². The van der Waals surface area contributed by atoms with E-state index < -0.39 is 0 Å². The summed E-state index contributed by atoms with van der Waals surface area (Å²) in [5, 5.41) is 0. The van der Waals surface area contributed by atoms with Crippen LogP contribution >= 0.6 is 0 Å². The molecular formula is C38H25N6Pt2-3. The molecule has 0 aliphatic carbocycles. The maximum atomic E-state index is 6.57. The van der Waals surface area contributed by atoms with E-state index in [1.165, 1.54) is 0 Å². The van der Waals surface area contributed by atoms with Crippen molar-refractivity contribution in [2.45, 2.75) is 0 Å². The van der Waals surface area contributed by atoms with Crippen molar-refractivity contribution in [1.82, 2.24) is 19.4 Å². The molecule has 0 fully saturated rings. The fourth-order valence-electron chi connectivity index (χ4n) is 4.53. The van der Waals surface area contributed by atoms with E-state index in [0.29, 0.717) is 5.69 Å². The van der Waals surface area contributed by atoms with E-state index >= 15 is 0 Å². The maximum Gasteiger partial charge on any atom is 4.00 e. The summed E-state index contributed by atoms with van der Waals surface area (Å²) in [5.74, 6) is 0. The monoisotopic (exact) mass is 955 g/mol. The number of anilines is 4. The molecule has 46 heavy (non-hydrogen) atoms. The number of hydrogen-bond acceptors (Lipinski definition) is 5. The zero-order chi connectivity index (χ0) is 30.1. The van der Waals surface area contributed by atoms with Crippen LogP contribution in [0, 0.1) is 49.5 Å². The third-order valence-electron chi connectivity index (χ3n) is 6.60. The molecule has 0 N–H and O–H groups in total. The molecule has 3 aromatic carbocycles. The fraction of sp³-hybridized carbons (Fsp3) is 0.0263. The average molecular weight is 956 g/mol. The Balaban J connectivity index is 0.000000475. The van der Waals surface area contributed by atoms with E-state index in [9.17, 15) is 0 Å². The van der Waals surface area contributed by atoms with Gasteiger partial charge >= 0.3 is 21.1 Å². The van der Waals surface area contributed by atoms with Gasteiger partial charge in [0, 0.05) is 51.5 Å². The largest absolute Gasteiger partial charge is 4.00 e. The number of rotatable bonds is 6. The van der Waals surface area contributed by atoms with Crippen molar-refractivity contribution in [3.63, 3.8) is 0 Å². The Hall–Kier alpha value is -4.68. The molecule has 0 unspecified atom stereocenters. The van der Waals surface area contributed by atoms with Crippen molar-refractivity contribution >= 4 is 22.7 Å². The topological polar surface area (TPSA) is 40.4 Å². The van der Waals surface area contributed by atoms with Gasteiger partial charge in [0.2, 0.25) is 0 Å². The van der Waals surface area contributed by atoms with Crippen LogP contribution in [0.15, 0.2) is 128 Å². The first kappa shape index (κ1) is 34.2. The van der Waals surface area contributed by atoms with Gasteiger partial charge in [0.1, 0.15) is 0 Å².